The minimum atomic E-state index is -0.661. The van der Waals surface area contributed by atoms with E-state index < -0.39 is 18.0 Å². The molecule has 0 N–H and O–H groups in total. The highest BCUT2D eigenvalue weighted by Gasteiger charge is 2.26. The summed E-state index contributed by atoms with van der Waals surface area (Å²) in [7, 11) is 0. The van der Waals surface area contributed by atoms with Crippen LogP contribution in [-0.2, 0) is 9.47 Å². The third-order valence-electron chi connectivity index (χ3n) is 4.37. The number of benzene rings is 3. The Morgan fingerprint density at radius 1 is 0.615 bits per heavy atom. The van der Waals surface area contributed by atoms with Crippen LogP contribution in [-0.4, -0.2) is 18.5 Å². The molecule has 4 rings (SSSR count). The SMILES string of the molecule is O=C1OC[C@@H](c2ccccc2)OC(=O)c2ccccc2-c2ccccc21. The van der Waals surface area contributed by atoms with Gasteiger partial charge in [-0.25, -0.2) is 9.59 Å². The number of hydrogen-bond donors (Lipinski definition) is 0. The van der Waals surface area contributed by atoms with Gasteiger partial charge in [-0.15, -0.1) is 0 Å². The van der Waals surface area contributed by atoms with Gasteiger partial charge in [0.1, 0.15) is 6.61 Å². The zero-order chi connectivity index (χ0) is 17.9. The average molecular weight is 344 g/mol. The molecule has 0 spiro atoms. The van der Waals surface area contributed by atoms with Crippen molar-refractivity contribution in [3.05, 3.63) is 95.6 Å². The molecule has 1 atom stereocenters. The van der Waals surface area contributed by atoms with Crippen molar-refractivity contribution >= 4 is 11.9 Å². The number of carbonyl (C=O) groups is 2. The van der Waals surface area contributed by atoms with Crippen LogP contribution in [0.4, 0.5) is 0 Å². The molecule has 1 aliphatic rings. The molecule has 128 valence electrons. The van der Waals surface area contributed by atoms with Crippen LogP contribution in [0.5, 0.6) is 0 Å². The van der Waals surface area contributed by atoms with Crippen LogP contribution >= 0.6 is 0 Å². The first-order chi connectivity index (χ1) is 12.7. The number of hydrogen-bond acceptors (Lipinski definition) is 4. The Morgan fingerprint density at radius 3 is 1.73 bits per heavy atom. The lowest BCUT2D eigenvalue weighted by molar-refractivity contribution is -0.00151. The van der Waals surface area contributed by atoms with Gasteiger partial charge in [-0.2, -0.15) is 0 Å². The summed E-state index contributed by atoms with van der Waals surface area (Å²) in [5.74, 6) is -0.878. The lowest BCUT2D eigenvalue weighted by Gasteiger charge is -2.22. The molecule has 1 heterocycles. The largest absolute Gasteiger partial charge is 0.458 e. The number of cyclic esters (lactones) is 2. The molecule has 3 aromatic rings. The topological polar surface area (TPSA) is 52.6 Å². The molecule has 0 amide bonds. The second-order valence-corrected chi connectivity index (χ2v) is 5.99. The van der Waals surface area contributed by atoms with Crippen LogP contribution in [0.15, 0.2) is 78.9 Å². The van der Waals surface area contributed by atoms with Gasteiger partial charge >= 0.3 is 11.9 Å². The van der Waals surface area contributed by atoms with E-state index in [1.54, 1.807) is 30.3 Å². The van der Waals surface area contributed by atoms with Gasteiger partial charge in [-0.3, -0.25) is 0 Å². The first-order valence-electron chi connectivity index (χ1n) is 8.35. The zero-order valence-electron chi connectivity index (χ0n) is 13.9. The minimum Gasteiger partial charge on any atom is -0.458 e. The molecule has 4 heteroatoms. The van der Waals surface area contributed by atoms with E-state index in [0.717, 1.165) is 5.56 Å². The Kier molecular flexibility index (Phi) is 4.23. The van der Waals surface area contributed by atoms with Crippen molar-refractivity contribution in [2.24, 2.45) is 0 Å². The Morgan fingerprint density at radius 2 is 1.12 bits per heavy atom. The van der Waals surface area contributed by atoms with Gasteiger partial charge < -0.3 is 9.47 Å². The molecule has 0 aliphatic carbocycles. The van der Waals surface area contributed by atoms with Gasteiger partial charge in [-0.1, -0.05) is 66.7 Å². The molecule has 0 saturated heterocycles. The van der Waals surface area contributed by atoms with Crippen LogP contribution < -0.4 is 0 Å². The summed E-state index contributed by atoms with van der Waals surface area (Å²) < 4.78 is 11.1. The molecule has 1 aliphatic heterocycles. The fourth-order valence-electron chi connectivity index (χ4n) is 3.08. The molecular formula is C22H16O4. The fourth-order valence-corrected chi connectivity index (χ4v) is 3.08. The monoisotopic (exact) mass is 344 g/mol. The van der Waals surface area contributed by atoms with E-state index in [-0.39, 0.29) is 6.61 Å². The van der Waals surface area contributed by atoms with Crippen molar-refractivity contribution in [3.8, 4) is 11.1 Å². The van der Waals surface area contributed by atoms with Gasteiger partial charge in [0.15, 0.2) is 6.10 Å². The molecule has 0 bridgehead atoms. The Labute approximate surface area is 151 Å². The van der Waals surface area contributed by atoms with Gasteiger partial charge in [0, 0.05) is 0 Å². The fraction of sp³-hybridized carbons (Fsp3) is 0.0909. The maximum absolute atomic E-state index is 12.8. The number of fused-ring (bicyclic) bond motifs is 3. The number of rotatable bonds is 1. The van der Waals surface area contributed by atoms with E-state index in [1.165, 1.54) is 0 Å². The molecule has 0 unspecified atom stereocenters. The highest BCUT2D eigenvalue weighted by Crippen LogP contribution is 2.31. The van der Waals surface area contributed by atoms with Crippen molar-refractivity contribution in [2.45, 2.75) is 6.10 Å². The van der Waals surface area contributed by atoms with Crippen LogP contribution in [0.2, 0.25) is 0 Å². The summed E-state index contributed by atoms with van der Waals surface area (Å²) in [5, 5.41) is 0. The van der Waals surface area contributed by atoms with Crippen LogP contribution in [0.25, 0.3) is 11.1 Å². The second-order valence-electron chi connectivity index (χ2n) is 5.99. The van der Waals surface area contributed by atoms with Crippen molar-refractivity contribution < 1.29 is 19.1 Å². The lowest BCUT2D eigenvalue weighted by Crippen LogP contribution is -2.21. The average Bonchev–Trinajstić information content (AvgIpc) is 2.71. The van der Waals surface area contributed by atoms with Crippen molar-refractivity contribution in [3.63, 3.8) is 0 Å². The summed E-state index contributed by atoms with van der Waals surface area (Å²) in [6.07, 6.45) is -0.661. The predicted octanol–water partition coefficient (Wildman–Crippen LogP) is 4.42. The molecular weight excluding hydrogens is 328 g/mol. The Bertz CT molecular complexity index is 963. The molecule has 0 radical (unpaired) electrons. The van der Waals surface area contributed by atoms with Gasteiger partial charge in [0.25, 0.3) is 0 Å². The number of esters is 2. The highest BCUT2D eigenvalue weighted by atomic mass is 16.6. The normalized spacial score (nSPS) is 16.7. The molecule has 26 heavy (non-hydrogen) atoms. The summed E-state index contributed by atoms with van der Waals surface area (Å²) in [6, 6.07) is 23.5. The summed E-state index contributed by atoms with van der Waals surface area (Å²) >= 11 is 0. The molecule has 0 aromatic heterocycles. The highest BCUT2D eigenvalue weighted by molar-refractivity contribution is 6.03. The standard InChI is InChI=1S/C22H16O4/c23-21-18-12-6-4-10-16(18)17-11-5-7-13-19(17)22(24)26-20(14-25-21)15-8-2-1-3-9-15/h1-13,20H,14H2/t20-/m0/s1. The maximum Gasteiger partial charge on any atom is 0.339 e. The zero-order valence-corrected chi connectivity index (χ0v) is 13.9. The predicted molar refractivity (Wildman–Crippen MR) is 96.8 cm³/mol. The molecule has 4 nitrogen and oxygen atoms in total. The van der Waals surface area contributed by atoms with E-state index in [1.807, 2.05) is 48.5 Å². The smallest absolute Gasteiger partial charge is 0.339 e. The van der Waals surface area contributed by atoms with E-state index in [4.69, 9.17) is 9.47 Å². The molecule has 0 saturated carbocycles. The van der Waals surface area contributed by atoms with Crippen LogP contribution in [0, 0.1) is 0 Å². The summed E-state index contributed by atoms with van der Waals surface area (Å²) in [4.78, 5) is 25.5. The first kappa shape index (κ1) is 16.1. The number of carbonyl (C=O) groups excluding carboxylic acids is 2. The van der Waals surface area contributed by atoms with Crippen molar-refractivity contribution in [1.82, 2.24) is 0 Å². The van der Waals surface area contributed by atoms with E-state index in [0.29, 0.717) is 22.3 Å². The van der Waals surface area contributed by atoms with Gasteiger partial charge in [-0.05, 0) is 28.8 Å². The van der Waals surface area contributed by atoms with Crippen molar-refractivity contribution in [1.29, 1.82) is 0 Å². The third kappa shape index (κ3) is 2.97. The first-order valence-corrected chi connectivity index (χ1v) is 8.35. The maximum atomic E-state index is 12.8. The Balaban J connectivity index is 1.84. The molecule has 0 fully saturated rings. The van der Waals surface area contributed by atoms with E-state index in [9.17, 15) is 9.59 Å². The van der Waals surface area contributed by atoms with Gasteiger partial charge in [0.05, 0.1) is 11.1 Å². The number of ether oxygens (including phenoxy) is 2. The summed E-state index contributed by atoms with van der Waals surface area (Å²) in [6.45, 7) is -0.0366. The lowest BCUT2D eigenvalue weighted by atomic mass is 9.95. The van der Waals surface area contributed by atoms with Crippen LogP contribution in [0.3, 0.4) is 0 Å². The van der Waals surface area contributed by atoms with E-state index >= 15 is 0 Å². The van der Waals surface area contributed by atoms with Gasteiger partial charge in [0.2, 0.25) is 0 Å². The van der Waals surface area contributed by atoms with Crippen molar-refractivity contribution in [2.75, 3.05) is 6.61 Å². The minimum absolute atomic E-state index is 0.0366. The summed E-state index contributed by atoms with van der Waals surface area (Å²) in [5.41, 5.74) is 2.94. The van der Waals surface area contributed by atoms with Crippen LogP contribution in [0.1, 0.15) is 32.4 Å². The molecule has 3 aromatic carbocycles. The van der Waals surface area contributed by atoms with E-state index in [2.05, 4.69) is 0 Å². The second kappa shape index (κ2) is 6.84. The Hall–Kier alpha value is -3.40. The quantitative estimate of drug-likeness (QED) is 0.613. The third-order valence-corrected chi connectivity index (χ3v) is 4.37.